The van der Waals surface area contributed by atoms with E-state index in [0.717, 1.165) is 27.7 Å². The highest BCUT2D eigenvalue weighted by molar-refractivity contribution is 7.21. The number of methoxy groups -OCH3 is 1. The fourth-order valence-electron chi connectivity index (χ4n) is 4.39. The van der Waals surface area contributed by atoms with Crippen LogP contribution in [0.3, 0.4) is 0 Å². The number of pyridine rings is 1. The molecule has 3 aromatic heterocycles. The number of aromatic nitrogens is 2. The molecule has 1 atom stereocenters. The van der Waals surface area contributed by atoms with Crippen molar-refractivity contribution in [3.8, 4) is 11.5 Å². The van der Waals surface area contributed by atoms with Gasteiger partial charge in [-0.25, -0.2) is 4.79 Å². The lowest BCUT2D eigenvalue weighted by Gasteiger charge is -2.14. The van der Waals surface area contributed by atoms with Crippen molar-refractivity contribution < 1.29 is 24.2 Å². The third-order valence-electron chi connectivity index (χ3n) is 6.13. The van der Waals surface area contributed by atoms with Crippen LogP contribution in [0.15, 0.2) is 42.6 Å². The summed E-state index contributed by atoms with van der Waals surface area (Å²) < 4.78 is 14.0. The Bertz CT molecular complexity index is 1410. The lowest BCUT2D eigenvalue weighted by Crippen LogP contribution is -2.31. The standard InChI is InChI=1S/C25H26N4O5S/c1-15-11-16-12-17(3-4-20(16)29(15)25(32)27-8-10-30)34-21-5-7-26-19-13-22(35-23(19)21)24(31)28-9-6-18(14-28)33-2/h3-5,7,11-13,18,30H,6,8-10,14H2,1-2H3,(H,27,32)/t18-/m0/s1. The number of carbonyl (C=O) groups is 2. The zero-order valence-corrected chi connectivity index (χ0v) is 20.3. The molecular formula is C25H26N4O5S. The van der Waals surface area contributed by atoms with Crippen molar-refractivity contribution in [1.29, 1.82) is 0 Å². The number of hydrogen-bond acceptors (Lipinski definition) is 7. The Morgan fingerprint density at radius 1 is 1.26 bits per heavy atom. The maximum absolute atomic E-state index is 13.0. The van der Waals surface area contributed by atoms with Gasteiger partial charge in [0.2, 0.25) is 0 Å². The van der Waals surface area contributed by atoms with E-state index in [1.165, 1.54) is 11.3 Å². The van der Waals surface area contributed by atoms with E-state index in [1.54, 1.807) is 30.0 Å². The van der Waals surface area contributed by atoms with E-state index in [1.807, 2.05) is 36.1 Å². The van der Waals surface area contributed by atoms with Gasteiger partial charge in [-0.05, 0) is 43.7 Å². The number of aliphatic hydroxyl groups is 1. The number of benzene rings is 1. The zero-order valence-electron chi connectivity index (χ0n) is 19.5. The Morgan fingerprint density at radius 3 is 2.89 bits per heavy atom. The van der Waals surface area contributed by atoms with E-state index in [-0.39, 0.29) is 31.2 Å². The molecule has 35 heavy (non-hydrogen) atoms. The van der Waals surface area contributed by atoms with Gasteiger partial charge >= 0.3 is 6.03 Å². The molecule has 9 nitrogen and oxygen atoms in total. The molecule has 182 valence electrons. The molecule has 0 bridgehead atoms. The molecule has 0 radical (unpaired) electrons. The van der Waals surface area contributed by atoms with Gasteiger partial charge in [0, 0.05) is 50.1 Å². The van der Waals surface area contributed by atoms with Crippen LogP contribution in [0.1, 0.15) is 21.8 Å². The van der Waals surface area contributed by atoms with Gasteiger partial charge in [-0.3, -0.25) is 14.3 Å². The summed E-state index contributed by atoms with van der Waals surface area (Å²) >= 11 is 1.37. The SMILES string of the molecule is CO[C@H]1CCN(C(=O)c2cc3nccc(Oc4ccc5c(c4)cc(C)n5C(=O)NCCO)c3s2)C1. The molecular weight excluding hydrogens is 468 g/mol. The van der Waals surface area contributed by atoms with Crippen molar-refractivity contribution in [1.82, 2.24) is 19.8 Å². The minimum absolute atomic E-state index is 0.0174. The van der Waals surface area contributed by atoms with Crippen LogP contribution in [-0.2, 0) is 4.74 Å². The summed E-state index contributed by atoms with van der Waals surface area (Å²) in [6.45, 7) is 3.19. The molecule has 1 saturated heterocycles. The van der Waals surface area contributed by atoms with Crippen molar-refractivity contribution in [3.05, 3.63) is 53.2 Å². The first-order chi connectivity index (χ1) is 17.0. The summed E-state index contributed by atoms with van der Waals surface area (Å²) in [6, 6.07) is 10.7. The average Bonchev–Trinajstić information content (AvgIpc) is 3.58. The molecule has 5 rings (SSSR count). The number of carbonyl (C=O) groups excluding carboxylic acids is 2. The Morgan fingerprint density at radius 2 is 2.11 bits per heavy atom. The van der Waals surface area contributed by atoms with Crippen LogP contribution in [0, 0.1) is 6.92 Å². The summed E-state index contributed by atoms with van der Waals surface area (Å²) in [6.07, 6.45) is 2.59. The number of fused-ring (bicyclic) bond motifs is 2. The monoisotopic (exact) mass is 494 g/mol. The molecule has 1 aromatic carbocycles. The third kappa shape index (κ3) is 4.47. The Kier molecular flexibility index (Phi) is 6.42. The molecule has 0 spiro atoms. The molecule has 1 aliphatic rings. The Hall–Kier alpha value is -3.47. The number of rotatable bonds is 6. The number of amides is 2. The van der Waals surface area contributed by atoms with Gasteiger partial charge in [0.1, 0.15) is 11.5 Å². The van der Waals surface area contributed by atoms with Gasteiger partial charge in [-0.2, -0.15) is 0 Å². The highest BCUT2D eigenvalue weighted by atomic mass is 32.1. The lowest BCUT2D eigenvalue weighted by atomic mass is 10.2. The maximum Gasteiger partial charge on any atom is 0.326 e. The van der Waals surface area contributed by atoms with Crippen molar-refractivity contribution >= 4 is 44.4 Å². The normalized spacial score (nSPS) is 15.7. The minimum Gasteiger partial charge on any atom is -0.456 e. The Labute approximate surface area is 205 Å². The number of thiophene rings is 1. The quantitative estimate of drug-likeness (QED) is 0.423. The summed E-state index contributed by atoms with van der Waals surface area (Å²) in [5.41, 5.74) is 2.23. The Balaban J connectivity index is 1.41. The van der Waals surface area contributed by atoms with Gasteiger partial charge in [-0.15, -0.1) is 11.3 Å². The van der Waals surface area contributed by atoms with Crippen molar-refractivity contribution in [2.24, 2.45) is 0 Å². The van der Waals surface area contributed by atoms with Gasteiger partial charge in [0.05, 0.1) is 33.3 Å². The third-order valence-corrected chi connectivity index (χ3v) is 7.25. The predicted octanol–water partition coefficient (Wildman–Crippen LogP) is 3.76. The fourth-order valence-corrected chi connectivity index (χ4v) is 5.43. The van der Waals surface area contributed by atoms with E-state index in [2.05, 4.69) is 10.3 Å². The second-order valence-corrected chi connectivity index (χ2v) is 9.48. The molecule has 2 amide bonds. The van der Waals surface area contributed by atoms with E-state index in [4.69, 9.17) is 14.6 Å². The summed E-state index contributed by atoms with van der Waals surface area (Å²) in [5.74, 6) is 1.21. The fraction of sp³-hybridized carbons (Fsp3) is 0.320. The molecule has 0 aliphatic carbocycles. The number of likely N-dealkylation sites (tertiary alicyclic amines) is 1. The lowest BCUT2D eigenvalue weighted by molar-refractivity contribution is 0.0728. The molecule has 2 N–H and O–H groups in total. The topological polar surface area (TPSA) is 106 Å². The first-order valence-corrected chi connectivity index (χ1v) is 12.2. The minimum atomic E-state index is -0.290. The highest BCUT2D eigenvalue weighted by Gasteiger charge is 2.28. The number of ether oxygens (including phenoxy) is 2. The first kappa shape index (κ1) is 23.3. The predicted molar refractivity (Wildman–Crippen MR) is 134 cm³/mol. The van der Waals surface area contributed by atoms with E-state index < -0.39 is 0 Å². The van der Waals surface area contributed by atoms with Crippen LogP contribution in [0.2, 0.25) is 0 Å². The van der Waals surface area contributed by atoms with E-state index >= 15 is 0 Å². The molecule has 4 aromatic rings. The summed E-state index contributed by atoms with van der Waals surface area (Å²) in [4.78, 5) is 32.3. The van der Waals surface area contributed by atoms with Crippen LogP contribution in [-0.4, -0.2) is 71.0 Å². The number of aryl methyl sites for hydroxylation is 1. The first-order valence-electron chi connectivity index (χ1n) is 11.4. The van der Waals surface area contributed by atoms with Crippen molar-refractivity contribution in [2.45, 2.75) is 19.4 Å². The number of nitrogens with one attached hydrogen (secondary N) is 1. The van der Waals surface area contributed by atoms with Crippen LogP contribution in [0.5, 0.6) is 11.5 Å². The average molecular weight is 495 g/mol. The van der Waals surface area contributed by atoms with Crippen molar-refractivity contribution in [2.75, 3.05) is 33.4 Å². The van der Waals surface area contributed by atoms with Gasteiger partial charge in [0.15, 0.2) is 0 Å². The van der Waals surface area contributed by atoms with Crippen LogP contribution in [0.25, 0.3) is 21.1 Å². The molecule has 10 heteroatoms. The molecule has 1 fully saturated rings. The highest BCUT2D eigenvalue weighted by Crippen LogP contribution is 2.36. The molecule has 1 aliphatic heterocycles. The summed E-state index contributed by atoms with van der Waals surface area (Å²) in [7, 11) is 1.67. The van der Waals surface area contributed by atoms with Crippen LogP contribution >= 0.6 is 11.3 Å². The van der Waals surface area contributed by atoms with E-state index in [9.17, 15) is 9.59 Å². The van der Waals surface area contributed by atoms with Crippen LogP contribution in [0.4, 0.5) is 4.79 Å². The molecule has 0 saturated carbocycles. The van der Waals surface area contributed by atoms with Crippen molar-refractivity contribution in [3.63, 3.8) is 0 Å². The number of hydrogen-bond donors (Lipinski definition) is 2. The largest absolute Gasteiger partial charge is 0.456 e. The number of nitrogens with zero attached hydrogens (tertiary/aromatic N) is 3. The van der Waals surface area contributed by atoms with Crippen LogP contribution < -0.4 is 10.1 Å². The second kappa shape index (κ2) is 9.65. The maximum atomic E-state index is 13.0. The summed E-state index contributed by atoms with van der Waals surface area (Å²) in [5, 5.41) is 12.5. The molecule has 4 heterocycles. The zero-order chi connectivity index (χ0) is 24.5. The van der Waals surface area contributed by atoms with E-state index in [0.29, 0.717) is 35.0 Å². The van der Waals surface area contributed by atoms with Gasteiger partial charge in [-0.1, -0.05) is 0 Å². The molecule has 0 unspecified atom stereocenters. The van der Waals surface area contributed by atoms with Gasteiger partial charge < -0.3 is 24.8 Å². The van der Waals surface area contributed by atoms with Gasteiger partial charge in [0.25, 0.3) is 5.91 Å². The smallest absolute Gasteiger partial charge is 0.326 e. The number of aliphatic hydroxyl groups excluding tert-OH is 1. The second-order valence-electron chi connectivity index (χ2n) is 8.43.